The minimum absolute atomic E-state index is 0.216. The Labute approximate surface area is 135 Å². The van der Waals surface area contributed by atoms with Gasteiger partial charge < -0.3 is 19.9 Å². The molecule has 0 spiro atoms. The van der Waals surface area contributed by atoms with Crippen LogP contribution >= 0.6 is 11.6 Å². The van der Waals surface area contributed by atoms with Gasteiger partial charge in [-0.2, -0.15) is 0 Å². The Morgan fingerprint density at radius 3 is 2.41 bits per heavy atom. The number of rotatable bonds is 7. The van der Waals surface area contributed by atoms with E-state index in [4.69, 9.17) is 21.1 Å². The molecular formula is C17H20ClNO3. The van der Waals surface area contributed by atoms with E-state index >= 15 is 0 Å². The molecule has 0 aliphatic carbocycles. The number of methoxy groups -OCH3 is 2. The molecule has 2 aromatic carbocycles. The van der Waals surface area contributed by atoms with E-state index < -0.39 is 6.10 Å². The van der Waals surface area contributed by atoms with Gasteiger partial charge >= 0.3 is 0 Å². The second-order valence-electron chi connectivity index (χ2n) is 4.83. The molecule has 1 atom stereocenters. The third kappa shape index (κ3) is 4.06. The molecule has 0 aromatic heterocycles. The van der Waals surface area contributed by atoms with Gasteiger partial charge in [0, 0.05) is 23.9 Å². The molecule has 2 rings (SSSR count). The van der Waals surface area contributed by atoms with Gasteiger partial charge in [-0.05, 0) is 29.8 Å². The van der Waals surface area contributed by atoms with Crippen molar-refractivity contribution in [1.29, 1.82) is 0 Å². The molecule has 2 aromatic rings. The number of alkyl halides is 1. The number of benzene rings is 2. The van der Waals surface area contributed by atoms with Crippen molar-refractivity contribution in [2.45, 2.75) is 6.10 Å². The lowest BCUT2D eigenvalue weighted by Gasteiger charge is -2.12. The van der Waals surface area contributed by atoms with Crippen LogP contribution in [0.15, 0.2) is 42.5 Å². The van der Waals surface area contributed by atoms with Crippen molar-refractivity contribution in [3.63, 3.8) is 0 Å². The minimum atomic E-state index is -0.553. The highest BCUT2D eigenvalue weighted by molar-refractivity contribution is 6.18. The number of aliphatic hydroxyl groups excluding tert-OH is 1. The van der Waals surface area contributed by atoms with E-state index in [0.29, 0.717) is 6.54 Å². The van der Waals surface area contributed by atoms with Gasteiger partial charge in [-0.25, -0.2) is 0 Å². The van der Waals surface area contributed by atoms with Crippen LogP contribution in [-0.2, 0) is 0 Å². The van der Waals surface area contributed by atoms with Crippen molar-refractivity contribution in [3.8, 4) is 22.6 Å². The van der Waals surface area contributed by atoms with E-state index in [9.17, 15) is 5.11 Å². The molecule has 0 amide bonds. The fourth-order valence-electron chi connectivity index (χ4n) is 2.09. The van der Waals surface area contributed by atoms with Gasteiger partial charge in [0.1, 0.15) is 11.5 Å². The first-order valence-corrected chi connectivity index (χ1v) is 7.51. The maximum atomic E-state index is 9.45. The van der Waals surface area contributed by atoms with Gasteiger partial charge in [0.15, 0.2) is 0 Å². The van der Waals surface area contributed by atoms with Gasteiger partial charge in [-0.1, -0.05) is 12.1 Å². The number of aliphatic hydroxyl groups is 1. The van der Waals surface area contributed by atoms with Crippen molar-refractivity contribution in [2.24, 2.45) is 0 Å². The molecule has 0 aliphatic heterocycles. The predicted molar refractivity (Wildman–Crippen MR) is 90.2 cm³/mol. The average molecular weight is 322 g/mol. The van der Waals surface area contributed by atoms with Gasteiger partial charge in [0.05, 0.1) is 26.2 Å². The summed E-state index contributed by atoms with van der Waals surface area (Å²) in [4.78, 5) is 0. The number of ether oxygens (including phenoxy) is 2. The average Bonchev–Trinajstić information content (AvgIpc) is 2.59. The summed E-state index contributed by atoms with van der Waals surface area (Å²) in [5, 5.41) is 12.6. The molecule has 0 fully saturated rings. The van der Waals surface area contributed by atoms with Crippen molar-refractivity contribution in [2.75, 3.05) is 32.0 Å². The second-order valence-corrected chi connectivity index (χ2v) is 5.14. The summed E-state index contributed by atoms with van der Waals surface area (Å²) < 4.78 is 10.6. The lowest BCUT2D eigenvalue weighted by molar-refractivity contribution is 0.211. The third-order valence-corrected chi connectivity index (χ3v) is 3.68. The molecule has 0 saturated carbocycles. The predicted octanol–water partition coefficient (Wildman–Crippen LogP) is 3.38. The zero-order valence-electron chi connectivity index (χ0n) is 12.7. The normalized spacial score (nSPS) is 11.8. The van der Waals surface area contributed by atoms with E-state index in [1.54, 1.807) is 14.2 Å². The first-order chi connectivity index (χ1) is 10.7. The topological polar surface area (TPSA) is 50.7 Å². The highest BCUT2D eigenvalue weighted by atomic mass is 35.5. The van der Waals surface area contributed by atoms with E-state index in [2.05, 4.69) is 5.32 Å². The smallest absolute Gasteiger partial charge is 0.130 e. The van der Waals surface area contributed by atoms with Crippen LogP contribution in [0.2, 0.25) is 0 Å². The molecule has 0 radical (unpaired) electrons. The maximum Gasteiger partial charge on any atom is 0.130 e. The van der Waals surface area contributed by atoms with Crippen LogP contribution in [0.3, 0.4) is 0 Å². The Morgan fingerprint density at radius 2 is 1.82 bits per heavy atom. The molecule has 0 heterocycles. The Hall–Kier alpha value is -1.91. The standard InChI is InChI=1S/C17H20ClNO3/c1-21-15-7-8-16(17(9-15)22-2)12-3-5-13(6-4-12)19-11-14(20)10-18/h3-9,14,19-20H,10-11H2,1-2H3. The first kappa shape index (κ1) is 16.5. The zero-order chi connectivity index (χ0) is 15.9. The van der Waals surface area contributed by atoms with Crippen LogP contribution in [0.1, 0.15) is 0 Å². The molecule has 4 nitrogen and oxygen atoms in total. The summed E-state index contributed by atoms with van der Waals surface area (Å²) >= 11 is 5.57. The van der Waals surface area contributed by atoms with Crippen molar-refractivity contribution in [3.05, 3.63) is 42.5 Å². The van der Waals surface area contributed by atoms with Crippen LogP contribution < -0.4 is 14.8 Å². The van der Waals surface area contributed by atoms with Crippen LogP contribution in [0.4, 0.5) is 5.69 Å². The Morgan fingerprint density at radius 1 is 1.09 bits per heavy atom. The zero-order valence-corrected chi connectivity index (χ0v) is 13.4. The summed E-state index contributed by atoms with van der Waals surface area (Å²) in [7, 11) is 3.27. The maximum absolute atomic E-state index is 9.45. The Kier molecular flexibility index (Phi) is 5.92. The summed E-state index contributed by atoms with van der Waals surface area (Å²) in [6.07, 6.45) is -0.553. The highest BCUT2D eigenvalue weighted by Gasteiger charge is 2.08. The van der Waals surface area contributed by atoms with Crippen LogP contribution in [0, 0.1) is 0 Å². The lowest BCUT2D eigenvalue weighted by Crippen LogP contribution is -2.20. The van der Waals surface area contributed by atoms with Gasteiger partial charge in [-0.15, -0.1) is 11.6 Å². The molecule has 0 saturated heterocycles. The van der Waals surface area contributed by atoms with E-state index in [0.717, 1.165) is 28.3 Å². The van der Waals surface area contributed by atoms with Gasteiger partial charge in [-0.3, -0.25) is 0 Å². The SMILES string of the molecule is COc1ccc(-c2ccc(NCC(O)CCl)cc2)c(OC)c1. The second kappa shape index (κ2) is 7.92. The highest BCUT2D eigenvalue weighted by Crippen LogP contribution is 2.33. The molecule has 2 N–H and O–H groups in total. The number of anilines is 1. The van der Waals surface area contributed by atoms with Crippen LogP contribution in [-0.4, -0.2) is 37.9 Å². The fraction of sp³-hybridized carbons (Fsp3) is 0.294. The molecule has 1 unspecified atom stereocenters. The van der Waals surface area contributed by atoms with Crippen molar-refractivity contribution >= 4 is 17.3 Å². The number of hydrogen-bond acceptors (Lipinski definition) is 4. The summed E-state index contributed by atoms with van der Waals surface area (Å²) in [6, 6.07) is 13.6. The summed E-state index contributed by atoms with van der Waals surface area (Å²) in [6.45, 7) is 0.425. The van der Waals surface area contributed by atoms with E-state index in [-0.39, 0.29) is 5.88 Å². The quantitative estimate of drug-likeness (QED) is 0.768. The van der Waals surface area contributed by atoms with E-state index in [1.165, 1.54) is 0 Å². The molecule has 0 aliphatic rings. The summed E-state index contributed by atoms with van der Waals surface area (Å²) in [5.74, 6) is 1.74. The first-order valence-electron chi connectivity index (χ1n) is 6.98. The molecule has 118 valence electrons. The number of halogens is 1. The van der Waals surface area contributed by atoms with Crippen LogP contribution in [0.5, 0.6) is 11.5 Å². The monoisotopic (exact) mass is 321 g/mol. The molecule has 5 heteroatoms. The minimum Gasteiger partial charge on any atom is -0.497 e. The largest absolute Gasteiger partial charge is 0.497 e. The van der Waals surface area contributed by atoms with E-state index in [1.807, 2.05) is 42.5 Å². The lowest BCUT2D eigenvalue weighted by atomic mass is 10.0. The molecule has 22 heavy (non-hydrogen) atoms. The van der Waals surface area contributed by atoms with Crippen molar-refractivity contribution < 1.29 is 14.6 Å². The molecular weight excluding hydrogens is 302 g/mol. The summed E-state index contributed by atoms with van der Waals surface area (Å²) in [5.41, 5.74) is 2.97. The van der Waals surface area contributed by atoms with Gasteiger partial charge in [0.2, 0.25) is 0 Å². The third-order valence-electron chi connectivity index (χ3n) is 3.32. The van der Waals surface area contributed by atoms with Crippen molar-refractivity contribution in [1.82, 2.24) is 0 Å². The Balaban J connectivity index is 2.16. The number of nitrogens with one attached hydrogen (secondary N) is 1. The van der Waals surface area contributed by atoms with Crippen LogP contribution in [0.25, 0.3) is 11.1 Å². The molecule has 0 bridgehead atoms. The number of hydrogen-bond donors (Lipinski definition) is 2. The fourth-order valence-corrected chi connectivity index (χ4v) is 2.20. The van der Waals surface area contributed by atoms with Gasteiger partial charge in [0.25, 0.3) is 0 Å². The Bertz CT molecular complexity index is 601.